The average Bonchev–Trinajstić information content (AvgIpc) is 3.09. The van der Waals surface area contributed by atoms with Gasteiger partial charge >= 0.3 is 12.3 Å². The number of ether oxygens (including phenoxy) is 1. The fourth-order valence-corrected chi connectivity index (χ4v) is 4.22. The van der Waals surface area contributed by atoms with Gasteiger partial charge in [0.2, 0.25) is 0 Å². The van der Waals surface area contributed by atoms with E-state index in [1.165, 1.54) is 0 Å². The van der Waals surface area contributed by atoms with E-state index in [0.717, 1.165) is 19.0 Å². The number of pyridine rings is 1. The number of hydrogen-bond acceptors (Lipinski definition) is 4. The van der Waals surface area contributed by atoms with Gasteiger partial charge in [0.1, 0.15) is 16.4 Å². The van der Waals surface area contributed by atoms with Crippen molar-refractivity contribution in [2.24, 2.45) is 5.92 Å². The van der Waals surface area contributed by atoms with Crippen LogP contribution in [0.4, 0.5) is 18.0 Å². The van der Waals surface area contributed by atoms with Gasteiger partial charge in [-0.2, -0.15) is 13.2 Å². The van der Waals surface area contributed by atoms with Crippen molar-refractivity contribution < 1.29 is 22.7 Å². The summed E-state index contributed by atoms with van der Waals surface area (Å²) in [7, 11) is 0. The number of aryl methyl sites for hydroxylation is 1. The molecule has 2 saturated heterocycles. The van der Waals surface area contributed by atoms with E-state index in [0.29, 0.717) is 36.7 Å². The van der Waals surface area contributed by atoms with E-state index < -0.39 is 17.5 Å². The number of rotatable bonds is 2. The quantitative estimate of drug-likeness (QED) is 0.662. The van der Waals surface area contributed by atoms with Crippen LogP contribution >= 0.6 is 11.6 Å². The first-order valence-electron chi connectivity index (χ1n) is 9.30. The fraction of sp³-hybridized carbons (Fsp3) is 0.684. The monoisotopic (exact) mass is 419 g/mol. The summed E-state index contributed by atoms with van der Waals surface area (Å²) in [6.45, 7) is 9.52. The Kier molecular flexibility index (Phi) is 5.57. The number of alkyl halides is 3. The van der Waals surface area contributed by atoms with E-state index in [1.54, 1.807) is 11.8 Å². The molecule has 0 radical (unpaired) electrons. The molecule has 2 aliphatic heterocycles. The highest BCUT2D eigenvalue weighted by molar-refractivity contribution is 6.30. The Morgan fingerprint density at radius 3 is 2.57 bits per heavy atom. The summed E-state index contributed by atoms with van der Waals surface area (Å²) >= 11 is 6.09. The highest BCUT2D eigenvalue weighted by atomic mass is 35.5. The van der Waals surface area contributed by atoms with Crippen LogP contribution in [0.1, 0.15) is 44.0 Å². The zero-order valence-electron chi connectivity index (χ0n) is 16.4. The molecule has 2 aliphatic rings. The molecule has 0 spiro atoms. The molecule has 0 bridgehead atoms. The second kappa shape index (κ2) is 7.37. The minimum atomic E-state index is -4.52. The molecule has 3 rings (SSSR count). The molecule has 9 heteroatoms. The van der Waals surface area contributed by atoms with Crippen LogP contribution in [0.15, 0.2) is 6.07 Å². The first-order chi connectivity index (χ1) is 12.8. The Morgan fingerprint density at radius 2 is 2.00 bits per heavy atom. The summed E-state index contributed by atoms with van der Waals surface area (Å²) in [5, 5.41) is -0.113. The van der Waals surface area contributed by atoms with E-state index in [9.17, 15) is 18.0 Å². The Bertz CT molecular complexity index is 741. The number of aromatic nitrogens is 1. The Balaban J connectivity index is 1.71. The lowest BCUT2D eigenvalue weighted by Crippen LogP contribution is -2.39. The van der Waals surface area contributed by atoms with Crippen LogP contribution in [-0.4, -0.2) is 52.2 Å². The van der Waals surface area contributed by atoms with Gasteiger partial charge in [0.15, 0.2) is 0 Å². The van der Waals surface area contributed by atoms with Crippen molar-refractivity contribution >= 4 is 17.7 Å². The highest BCUT2D eigenvalue weighted by Gasteiger charge is 2.44. The van der Waals surface area contributed by atoms with Crippen LogP contribution in [0.3, 0.4) is 0 Å². The Labute approximate surface area is 167 Å². The molecule has 1 aromatic heterocycles. The van der Waals surface area contributed by atoms with Gasteiger partial charge in [-0.05, 0) is 58.2 Å². The zero-order chi connectivity index (χ0) is 20.9. The number of nitrogens with zero attached hydrogens (tertiary/aromatic N) is 3. The summed E-state index contributed by atoms with van der Waals surface area (Å²) in [5.74, 6) is 0.328. The van der Waals surface area contributed by atoms with Gasteiger partial charge in [0.05, 0.1) is 0 Å². The maximum atomic E-state index is 12.9. The summed E-state index contributed by atoms with van der Waals surface area (Å²) in [5.41, 5.74) is -0.454. The van der Waals surface area contributed by atoms with E-state index >= 15 is 0 Å². The third kappa shape index (κ3) is 4.54. The van der Waals surface area contributed by atoms with Crippen LogP contribution in [-0.2, 0) is 17.5 Å². The lowest BCUT2D eigenvalue weighted by Gasteiger charge is -2.27. The Morgan fingerprint density at radius 1 is 1.32 bits per heavy atom. The lowest BCUT2D eigenvalue weighted by molar-refractivity contribution is -0.141. The molecule has 2 atom stereocenters. The third-order valence-corrected chi connectivity index (χ3v) is 5.58. The van der Waals surface area contributed by atoms with E-state index in [1.807, 2.05) is 20.8 Å². The SMILES string of the molecule is Cc1cc(C(F)(F)F)nc(Cl)c1CN1CC[C@@H]2CN(C(=O)OC(C)(C)C)C[C@@H]21. The number of likely N-dealkylation sites (tertiary alicyclic amines) is 2. The van der Waals surface area contributed by atoms with Crippen molar-refractivity contribution in [2.45, 2.75) is 58.5 Å². The maximum absolute atomic E-state index is 12.9. The number of halogens is 4. The molecule has 0 aliphatic carbocycles. The van der Waals surface area contributed by atoms with Gasteiger partial charge in [-0.3, -0.25) is 4.90 Å². The van der Waals surface area contributed by atoms with Crippen molar-refractivity contribution in [1.82, 2.24) is 14.8 Å². The second-order valence-electron chi connectivity index (χ2n) is 8.56. The summed E-state index contributed by atoms with van der Waals surface area (Å²) in [4.78, 5) is 19.8. The van der Waals surface area contributed by atoms with Gasteiger partial charge in [0, 0.05) is 31.2 Å². The predicted octanol–water partition coefficient (Wildman–Crippen LogP) is 4.50. The van der Waals surface area contributed by atoms with Crippen molar-refractivity contribution in [2.75, 3.05) is 19.6 Å². The van der Waals surface area contributed by atoms with Crippen LogP contribution < -0.4 is 0 Å². The van der Waals surface area contributed by atoms with E-state index in [2.05, 4.69) is 9.88 Å². The molecule has 0 saturated carbocycles. The molecule has 0 aromatic carbocycles. The highest BCUT2D eigenvalue weighted by Crippen LogP contribution is 2.36. The van der Waals surface area contributed by atoms with E-state index in [-0.39, 0.29) is 17.3 Å². The molecular weight excluding hydrogens is 395 g/mol. The minimum absolute atomic E-state index is 0.113. The van der Waals surface area contributed by atoms with Crippen LogP contribution in [0.2, 0.25) is 5.15 Å². The predicted molar refractivity (Wildman–Crippen MR) is 99.1 cm³/mol. The Hall–Kier alpha value is -1.54. The fourth-order valence-electron chi connectivity index (χ4n) is 3.92. The van der Waals surface area contributed by atoms with Crippen molar-refractivity contribution in [1.29, 1.82) is 0 Å². The molecule has 28 heavy (non-hydrogen) atoms. The van der Waals surface area contributed by atoms with Crippen LogP contribution in [0.5, 0.6) is 0 Å². The summed E-state index contributed by atoms with van der Waals surface area (Å²) in [6.07, 6.45) is -3.92. The second-order valence-corrected chi connectivity index (χ2v) is 8.92. The molecule has 156 valence electrons. The van der Waals surface area contributed by atoms with Gasteiger partial charge in [-0.25, -0.2) is 9.78 Å². The van der Waals surface area contributed by atoms with Gasteiger partial charge < -0.3 is 9.64 Å². The first kappa shape index (κ1) is 21.2. The molecule has 3 heterocycles. The maximum Gasteiger partial charge on any atom is 0.433 e. The third-order valence-electron chi connectivity index (χ3n) is 5.26. The minimum Gasteiger partial charge on any atom is -0.444 e. The molecule has 0 unspecified atom stereocenters. The van der Waals surface area contributed by atoms with Gasteiger partial charge in [-0.1, -0.05) is 11.6 Å². The number of carbonyl (C=O) groups excluding carboxylic acids is 1. The molecule has 2 fully saturated rings. The summed E-state index contributed by atoms with van der Waals surface area (Å²) < 4.78 is 44.2. The smallest absolute Gasteiger partial charge is 0.433 e. The molecule has 5 nitrogen and oxygen atoms in total. The zero-order valence-corrected chi connectivity index (χ0v) is 17.2. The molecule has 1 aromatic rings. The molecular formula is C19H25ClF3N3O2. The number of amides is 1. The molecule has 1 amide bonds. The number of fused-ring (bicyclic) bond motifs is 1. The van der Waals surface area contributed by atoms with Gasteiger partial charge in [0.25, 0.3) is 0 Å². The van der Waals surface area contributed by atoms with Crippen molar-refractivity contribution in [3.63, 3.8) is 0 Å². The average molecular weight is 420 g/mol. The standard InChI is InChI=1S/C19H25ClF3N3O2/c1-11-7-15(19(21,22)23)24-16(20)13(11)9-25-6-5-12-8-26(10-14(12)25)17(27)28-18(2,3)4/h7,12,14H,5-6,8-10H2,1-4H3/t12-,14+/m1/s1. The number of hydrogen-bond donors (Lipinski definition) is 0. The van der Waals surface area contributed by atoms with Gasteiger partial charge in [-0.15, -0.1) is 0 Å². The van der Waals surface area contributed by atoms with Crippen LogP contribution in [0.25, 0.3) is 0 Å². The van der Waals surface area contributed by atoms with Crippen molar-refractivity contribution in [3.8, 4) is 0 Å². The van der Waals surface area contributed by atoms with Crippen molar-refractivity contribution in [3.05, 3.63) is 28.0 Å². The topological polar surface area (TPSA) is 45.7 Å². The largest absolute Gasteiger partial charge is 0.444 e. The van der Waals surface area contributed by atoms with E-state index in [4.69, 9.17) is 16.3 Å². The molecule has 0 N–H and O–H groups in total. The lowest BCUT2D eigenvalue weighted by atomic mass is 10.0. The normalized spacial score (nSPS) is 23.2. The van der Waals surface area contributed by atoms with Crippen LogP contribution in [0, 0.1) is 12.8 Å². The summed E-state index contributed by atoms with van der Waals surface area (Å²) in [6, 6.07) is 1.18. The number of carbonyl (C=O) groups is 1. The first-order valence-corrected chi connectivity index (χ1v) is 9.68.